The second kappa shape index (κ2) is 13.5. The lowest BCUT2D eigenvalue weighted by molar-refractivity contribution is -0.140. The summed E-state index contributed by atoms with van der Waals surface area (Å²) in [5.74, 6) is -0.629. The van der Waals surface area contributed by atoms with Crippen molar-refractivity contribution in [2.75, 3.05) is 13.6 Å². The fourth-order valence-corrected chi connectivity index (χ4v) is 3.74. The largest absolute Gasteiger partial charge is 0.444 e. The van der Waals surface area contributed by atoms with Crippen LogP contribution < -0.4 is 10.6 Å². The number of carbonyl (C=O) groups excluding carboxylic acids is 3. The van der Waals surface area contributed by atoms with Gasteiger partial charge in [-0.15, -0.1) is 0 Å². The number of nitrogens with zero attached hydrogens (tertiary/aromatic N) is 1. The summed E-state index contributed by atoms with van der Waals surface area (Å²) in [6.45, 7) is 7.94. The second-order valence-corrected chi connectivity index (χ2v) is 9.65. The Kier molecular flexibility index (Phi) is 10.8. The number of nitrogens with one attached hydrogen (secondary N) is 2. The van der Waals surface area contributed by atoms with Crippen LogP contribution in [-0.4, -0.2) is 48.0 Å². The van der Waals surface area contributed by atoms with E-state index in [2.05, 4.69) is 17.6 Å². The zero-order valence-electron chi connectivity index (χ0n) is 21.5. The number of benzene rings is 2. The van der Waals surface area contributed by atoms with Crippen molar-refractivity contribution in [2.24, 2.45) is 0 Å². The minimum absolute atomic E-state index is 0.251. The highest BCUT2D eigenvalue weighted by Gasteiger charge is 2.34. The first-order chi connectivity index (χ1) is 16.6. The third-order valence-electron chi connectivity index (χ3n) is 5.45. The molecule has 7 heteroatoms. The van der Waals surface area contributed by atoms with Crippen molar-refractivity contribution in [3.05, 3.63) is 71.8 Å². The van der Waals surface area contributed by atoms with Gasteiger partial charge in [-0.2, -0.15) is 0 Å². The van der Waals surface area contributed by atoms with Crippen molar-refractivity contribution in [3.63, 3.8) is 0 Å². The number of likely N-dealkylation sites (N-methyl/N-ethyl adjacent to an activating group) is 1. The molecule has 0 spiro atoms. The Hall–Kier alpha value is -3.35. The van der Waals surface area contributed by atoms with Crippen LogP contribution in [0.25, 0.3) is 0 Å². The van der Waals surface area contributed by atoms with Crippen LogP contribution in [-0.2, 0) is 20.7 Å². The molecule has 0 saturated carbocycles. The third kappa shape index (κ3) is 9.43. The van der Waals surface area contributed by atoms with Gasteiger partial charge in [0.15, 0.2) is 0 Å². The minimum atomic E-state index is -0.906. The van der Waals surface area contributed by atoms with Crippen molar-refractivity contribution < 1.29 is 19.1 Å². The lowest BCUT2D eigenvalue weighted by Crippen LogP contribution is -2.52. The van der Waals surface area contributed by atoms with E-state index in [0.717, 1.165) is 24.8 Å². The molecule has 0 aliphatic heterocycles. The van der Waals surface area contributed by atoms with Gasteiger partial charge in [0, 0.05) is 20.0 Å². The van der Waals surface area contributed by atoms with E-state index >= 15 is 0 Å². The zero-order valence-corrected chi connectivity index (χ0v) is 21.5. The van der Waals surface area contributed by atoms with E-state index in [1.54, 1.807) is 27.8 Å². The Morgan fingerprint density at radius 3 is 2.11 bits per heavy atom. The first kappa shape index (κ1) is 27.9. The van der Waals surface area contributed by atoms with Crippen LogP contribution in [0.5, 0.6) is 0 Å². The van der Waals surface area contributed by atoms with Gasteiger partial charge < -0.3 is 20.3 Å². The molecule has 3 amide bonds. The fourth-order valence-electron chi connectivity index (χ4n) is 3.74. The molecule has 2 unspecified atom stereocenters. The molecule has 0 aromatic heterocycles. The highest BCUT2D eigenvalue weighted by molar-refractivity contribution is 5.92. The Labute approximate surface area is 209 Å². The van der Waals surface area contributed by atoms with Crippen LogP contribution in [0.15, 0.2) is 60.7 Å². The molecule has 0 bridgehead atoms. The highest BCUT2D eigenvalue weighted by atomic mass is 16.6. The molecular weight excluding hydrogens is 442 g/mol. The third-order valence-corrected chi connectivity index (χ3v) is 5.45. The van der Waals surface area contributed by atoms with Gasteiger partial charge in [0.1, 0.15) is 17.7 Å². The highest BCUT2D eigenvalue weighted by Crippen LogP contribution is 2.22. The summed E-state index contributed by atoms with van der Waals surface area (Å²) in [6.07, 6.45) is 2.53. The number of hydrogen-bond acceptors (Lipinski definition) is 4. The predicted molar refractivity (Wildman–Crippen MR) is 138 cm³/mol. The van der Waals surface area contributed by atoms with Crippen molar-refractivity contribution in [1.29, 1.82) is 0 Å². The number of ether oxygens (including phenoxy) is 1. The maximum atomic E-state index is 13.7. The summed E-state index contributed by atoms with van der Waals surface area (Å²) in [6, 6.07) is 16.9. The molecule has 0 radical (unpaired) electrons. The SMILES string of the molecule is CCCCCNC(=O)C(c1ccccc1)N(C)C(=O)C(Cc1ccccc1)NC(=O)OC(C)(C)C. The summed E-state index contributed by atoms with van der Waals surface area (Å²) in [5, 5.41) is 5.69. The molecular formula is C28H39N3O4. The average Bonchev–Trinajstić information content (AvgIpc) is 2.81. The van der Waals surface area contributed by atoms with Gasteiger partial charge in [-0.25, -0.2) is 4.79 Å². The molecule has 0 saturated heterocycles. The Morgan fingerprint density at radius 2 is 1.54 bits per heavy atom. The predicted octanol–water partition coefficient (Wildman–Crippen LogP) is 4.63. The average molecular weight is 482 g/mol. The van der Waals surface area contributed by atoms with E-state index in [9.17, 15) is 14.4 Å². The maximum absolute atomic E-state index is 13.7. The van der Waals surface area contributed by atoms with Crippen LogP contribution in [0.3, 0.4) is 0 Å². The molecule has 7 nitrogen and oxygen atoms in total. The van der Waals surface area contributed by atoms with Gasteiger partial charge in [0.05, 0.1) is 0 Å². The summed E-state index contributed by atoms with van der Waals surface area (Å²) in [5.41, 5.74) is 0.879. The normalized spacial score (nSPS) is 12.8. The topological polar surface area (TPSA) is 87.7 Å². The smallest absolute Gasteiger partial charge is 0.408 e. The van der Waals surface area contributed by atoms with Crippen LogP contribution in [0.1, 0.15) is 64.1 Å². The monoisotopic (exact) mass is 481 g/mol. The zero-order chi connectivity index (χ0) is 25.8. The van der Waals surface area contributed by atoms with Crippen LogP contribution >= 0.6 is 0 Å². The number of hydrogen-bond donors (Lipinski definition) is 2. The summed E-state index contributed by atoms with van der Waals surface area (Å²) in [4.78, 5) is 40.9. The standard InChI is InChI=1S/C28H39N3O4/c1-6-7-14-19-29-25(32)24(22-17-12-9-13-18-22)31(5)26(33)23(20-21-15-10-8-11-16-21)30-27(34)35-28(2,3)4/h8-13,15-18,23-24H,6-7,14,19-20H2,1-5H3,(H,29,32)(H,30,34). The molecule has 2 aromatic carbocycles. The summed E-state index contributed by atoms with van der Waals surface area (Å²) in [7, 11) is 1.60. The Morgan fingerprint density at radius 1 is 0.943 bits per heavy atom. The van der Waals surface area contributed by atoms with Crippen molar-refractivity contribution in [2.45, 2.75) is 71.1 Å². The van der Waals surface area contributed by atoms with Crippen LogP contribution in [0.2, 0.25) is 0 Å². The Balaban J connectivity index is 2.29. The molecule has 0 aliphatic carbocycles. The second-order valence-electron chi connectivity index (χ2n) is 9.65. The van der Waals surface area contributed by atoms with Gasteiger partial charge in [-0.1, -0.05) is 80.4 Å². The lowest BCUT2D eigenvalue weighted by atomic mass is 10.0. The van der Waals surface area contributed by atoms with Crippen molar-refractivity contribution >= 4 is 17.9 Å². The van der Waals surface area contributed by atoms with Crippen molar-refractivity contribution in [3.8, 4) is 0 Å². The first-order valence-electron chi connectivity index (χ1n) is 12.2. The fraction of sp³-hybridized carbons (Fsp3) is 0.464. The first-order valence-corrected chi connectivity index (χ1v) is 12.2. The molecule has 2 rings (SSSR count). The number of rotatable bonds is 11. The molecule has 2 N–H and O–H groups in total. The van der Waals surface area contributed by atoms with E-state index in [1.165, 1.54) is 4.90 Å². The molecule has 2 aromatic rings. The van der Waals surface area contributed by atoms with E-state index in [1.807, 2.05) is 60.7 Å². The van der Waals surface area contributed by atoms with E-state index < -0.39 is 23.8 Å². The van der Waals surface area contributed by atoms with Crippen LogP contribution in [0, 0.1) is 0 Å². The number of amides is 3. The molecule has 0 heterocycles. The van der Waals surface area contributed by atoms with Crippen molar-refractivity contribution in [1.82, 2.24) is 15.5 Å². The minimum Gasteiger partial charge on any atom is -0.444 e. The van der Waals surface area contributed by atoms with Gasteiger partial charge in [-0.05, 0) is 38.3 Å². The molecule has 0 fully saturated rings. The van der Waals surface area contributed by atoms with Crippen LogP contribution in [0.4, 0.5) is 4.79 Å². The Bertz CT molecular complexity index is 942. The van der Waals surface area contributed by atoms with E-state index in [-0.39, 0.29) is 18.2 Å². The summed E-state index contributed by atoms with van der Waals surface area (Å²) >= 11 is 0. The molecule has 2 atom stereocenters. The lowest BCUT2D eigenvalue weighted by Gasteiger charge is -2.31. The molecule has 35 heavy (non-hydrogen) atoms. The van der Waals surface area contributed by atoms with Gasteiger partial charge in [0.2, 0.25) is 11.8 Å². The maximum Gasteiger partial charge on any atom is 0.408 e. The van der Waals surface area contributed by atoms with Gasteiger partial charge >= 0.3 is 6.09 Å². The summed E-state index contributed by atoms with van der Waals surface area (Å²) < 4.78 is 5.40. The van der Waals surface area contributed by atoms with Gasteiger partial charge in [-0.3, -0.25) is 9.59 Å². The quantitative estimate of drug-likeness (QED) is 0.458. The molecule has 0 aliphatic rings. The number of unbranched alkanes of at least 4 members (excludes halogenated alkanes) is 2. The number of carbonyl (C=O) groups is 3. The molecule has 190 valence electrons. The van der Waals surface area contributed by atoms with E-state index in [4.69, 9.17) is 4.74 Å². The van der Waals surface area contributed by atoms with E-state index in [0.29, 0.717) is 12.1 Å². The van der Waals surface area contributed by atoms with Gasteiger partial charge in [0.25, 0.3) is 0 Å². The number of alkyl carbamates (subject to hydrolysis) is 1.